The van der Waals surface area contributed by atoms with Gasteiger partial charge in [-0.3, -0.25) is 4.79 Å². The Hall–Kier alpha value is -1.99. The maximum absolute atomic E-state index is 12.9. The molecule has 0 aromatic heterocycles. The Bertz CT molecular complexity index is 578. The van der Waals surface area contributed by atoms with E-state index in [9.17, 15) is 14.0 Å². The summed E-state index contributed by atoms with van der Waals surface area (Å²) in [6, 6.07) is 4.84. The number of carbonyl (C=O) groups excluding carboxylic acids is 1. The van der Waals surface area contributed by atoms with E-state index in [1.165, 1.54) is 17.0 Å². The van der Waals surface area contributed by atoms with Gasteiger partial charge in [0.1, 0.15) is 17.9 Å². The van der Waals surface area contributed by atoms with E-state index in [4.69, 9.17) is 5.11 Å². The third-order valence-corrected chi connectivity index (χ3v) is 4.29. The van der Waals surface area contributed by atoms with Crippen LogP contribution in [-0.4, -0.2) is 40.5 Å². The number of halogens is 1. The van der Waals surface area contributed by atoms with Crippen LogP contribution in [0.4, 0.5) is 4.39 Å². The van der Waals surface area contributed by atoms with Crippen LogP contribution in [-0.2, 0) is 9.59 Å². The third-order valence-electron chi connectivity index (χ3n) is 4.29. The molecule has 118 valence electrons. The highest BCUT2D eigenvalue weighted by molar-refractivity contribution is 5.87. The van der Waals surface area contributed by atoms with Gasteiger partial charge in [-0.2, -0.15) is 0 Å². The Morgan fingerprint density at radius 3 is 2.64 bits per heavy atom. The van der Waals surface area contributed by atoms with Gasteiger partial charge in [0.25, 0.3) is 0 Å². The molecular weight excluding hydrogens is 289 g/mol. The SMILES string of the molecule is O=C(O)[C@@H]1CCCN1C(=O)C1CC(c2ccc(F)cc2)NN1. The molecule has 2 heterocycles. The molecule has 3 rings (SSSR count). The largest absolute Gasteiger partial charge is 0.480 e. The van der Waals surface area contributed by atoms with E-state index in [1.807, 2.05) is 0 Å². The normalized spacial score (nSPS) is 28.0. The predicted octanol–water partition coefficient (Wildman–Crippen LogP) is 0.809. The highest BCUT2D eigenvalue weighted by Gasteiger charge is 2.39. The number of carboxylic acids is 1. The van der Waals surface area contributed by atoms with E-state index in [0.29, 0.717) is 25.8 Å². The summed E-state index contributed by atoms with van der Waals surface area (Å²) < 4.78 is 12.9. The molecule has 3 N–H and O–H groups in total. The van der Waals surface area contributed by atoms with Crippen molar-refractivity contribution < 1.29 is 19.1 Å². The highest BCUT2D eigenvalue weighted by atomic mass is 19.1. The molecular formula is C15H18FN3O3. The second kappa shape index (κ2) is 6.02. The number of hydrazine groups is 1. The molecule has 1 aromatic carbocycles. The summed E-state index contributed by atoms with van der Waals surface area (Å²) in [6.07, 6.45) is 1.72. The molecule has 2 saturated heterocycles. The Morgan fingerprint density at radius 1 is 1.23 bits per heavy atom. The second-order valence-electron chi connectivity index (χ2n) is 5.71. The van der Waals surface area contributed by atoms with Gasteiger partial charge in [0.05, 0.1) is 0 Å². The fourth-order valence-corrected chi connectivity index (χ4v) is 3.12. The minimum Gasteiger partial charge on any atom is -0.480 e. The van der Waals surface area contributed by atoms with Crippen molar-refractivity contribution >= 4 is 11.9 Å². The van der Waals surface area contributed by atoms with Crippen molar-refractivity contribution in [3.63, 3.8) is 0 Å². The molecule has 1 aromatic rings. The van der Waals surface area contributed by atoms with E-state index < -0.39 is 18.1 Å². The summed E-state index contributed by atoms with van der Waals surface area (Å²) in [4.78, 5) is 25.1. The number of carboxylic acid groups (broad SMARTS) is 1. The van der Waals surface area contributed by atoms with E-state index >= 15 is 0 Å². The summed E-state index contributed by atoms with van der Waals surface area (Å²) in [6.45, 7) is 0.481. The van der Waals surface area contributed by atoms with Gasteiger partial charge in [0, 0.05) is 12.6 Å². The van der Waals surface area contributed by atoms with Gasteiger partial charge in [-0.05, 0) is 37.0 Å². The Morgan fingerprint density at radius 2 is 1.95 bits per heavy atom. The van der Waals surface area contributed by atoms with Crippen molar-refractivity contribution in [1.82, 2.24) is 15.8 Å². The number of benzene rings is 1. The van der Waals surface area contributed by atoms with Gasteiger partial charge in [-0.15, -0.1) is 0 Å². The maximum Gasteiger partial charge on any atom is 0.326 e. The molecule has 3 atom stereocenters. The van der Waals surface area contributed by atoms with Crippen LogP contribution in [0, 0.1) is 5.82 Å². The third kappa shape index (κ3) is 2.82. The number of aliphatic carboxylic acids is 1. The molecule has 22 heavy (non-hydrogen) atoms. The van der Waals surface area contributed by atoms with Crippen molar-refractivity contribution in [2.75, 3.05) is 6.54 Å². The van der Waals surface area contributed by atoms with Gasteiger partial charge in [0.2, 0.25) is 5.91 Å². The molecule has 1 amide bonds. The lowest BCUT2D eigenvalue weighted by Crippen LogP contribution is -2.49. The molecule has 0 saturated carbocycles. The van der Waals surface area contributed by atoms with E-state index in [-0.39, 0.29) is 17.8 Å². The first-order valence-electron chi connectivity index (χ1n) is 7.36. The van der Waals surface area contributed by atoms with Crippen molar-refractivity contribution in [2.45, 2.75) is 37.4 Å². The second-order valence-corrected chi connectivity index (χ2v) is 5.71. The van der Waals surface area contributed by atoms with Crippen LogP contribution < -0.4 is 10.9 Å². The van der Waals surface area contributed by atoms with Crippen molar-refractivity contribution in [3.05, 3.63) is 35.6 Å². The smallest absolute Gasteiger partial charge is 0.326 e. The molecule has 0 spiro atoms. The molecule has 0 bridgehead atoms. The van der Waals surface area contributed by atoms with Crippen LogP contribution in [0.2, 0.25) is 0 Å². The number of nitrogens with one attached hydrogen (secondary N) is 2. The van der Waals surface area contributed by atoms with E-state index in [1.54, 1.807) is 12.1 Å². The number of hydrogen-bond acceptors (Lipinski definition) is 4. The Labute approximate surface area is 127 Å². The lowest BCUT2D eigenvalue weighted by molar-refractivity contribution is -0.148. The predicted molar refractivity (Wildman–Crippen MR) is 76.2 cm³/mol. The minimum atomic E-state index is -0.952. The van der Waals surface area contributed by atoms with Gasteiger partial charge in [0.15, 0.2) is 0 Å². The lowest BCUT2D eigenvalue weighted by atomic mass is 10.0. The van der Waals surface area contributed by atoms with Crippen LogP contribution >= 0.6 is 0 Å². The molecule has 0 aliphatic carbocycles. The fraction of sp³-hybridized carbons (Fsp3) is 0.467. The minimum absolute atomic E-state index is 0.0968. The monoisotopic (exact) mass is 307 g/mol. The van der Waals surface area contributed by atoms with Gasteiger partial charge < -0.3 is 10.0 Å². The summed E-state index contributed by atoms with van der Waals surface area (Å²) >= 11 is 0. The topological polar surface area (TPSA) is 81.7 Å². The maximum atomic E-state index is 12.9. The summed E-state index contributed by atoms with van der Waals surface area (Å²) in [5.41, 5.74) is 6.84. The van der Waals surface area contributed by atoms with Crippen LogP contribution in [0.5, 0.6) is 0 Å². The zero-order valence-electron chi connectivity index (χ0n) is 12.0. The molecule has 2 unspecified atom stereocenters. The summed E-state index contributed by atoms with van der Waals surface area (Å²) in [5, 5.41) is 9.17. The van der Waals surface area contributed by atoms with Crippen molar-refractivity contribution in [1.29, 1.82) is 0 Å². The fourth-order valence-electron chi connectivity index (χ4n) is 3.12. The van der Waals surface area contributed by atoms with Crippen molar-refractivity contribution in [2.24, 2.45) is 0 Å². The molecule has 2 fully saturated rings. The Balaban J connectivity index is 1.66. The average Bonchev–Trinajstić information content (AvgIpc) is 3.17. The summed E-state index contributed by atoms with van der Waals surface area (Å²) in [5.74, 6) is -1.45. The first-order chi connectivity index (χ1) is 10.6. The number of likely N-dealkylation sites (tertiary alicyclic amines) is 1. The summed E-state index contributed by atoms with van der Waals surface area (Å²) in [7, 11) is 0. The van der Waals surface area contributed by atoms with Crippen LogP contribution in [0.25, 0.3) is 0 Å². The standard InChI is InChI=1S/C15H18FN3O3/c16-10-5-3-9(4-6-10)11-8-12(18-17-11)14(20)19-7-1-2-13(19)15(21)22/h3-6,11-13,17-18H,1-2,7-8H2,(H,21,22)/t11?,12?,13-/m0/s1. The number of hydrogen-bond donors (Lipinski definition) is 3. The Kier molecular flexibility index (Phi) is 4.08. The zero-order valence-corrected chi connectivity index (χ0v) is 12.0. The first kappa shape index (κ1) is 14.9. The quantitative estimate of drug-likeness (QED) is 0.770. The highest BCUT2D eigenvalue weighted by Crippen LogP contribution is 2.26. The molecule has 7 heteroatoms. The lowest BCUT2D eigenvalue weighted by Gasteiger charge is -2.24. The average molecular weight is 307 g/mol. The number of nitrogens with zero attached hydrogens (tertiary/aromatic N) is 1. The number of amides is 1. The molecule has 6 nitrogen and oxygen atoms in total. The van der Waals surface area contributed by atoms with Gasteiger partial charge in [-0.25, -0.2) is 20.0 Å². The van der Waals surface area contributed by atoms with Gasteiger partial charge in [-0.1, -0.05) is 12.1 Å². The zero-order chi connectivity index (χ0) is 15.7. The van der Waals surface area contributed by atoms with Gasteiger partial charge >= 0.3 is 5.97 Å². The molecule has 2 aliphatic heterocycles. The van der Waals surface area contributed by atoms with Crippen LogP contribution in [0.1, 0.15) is 30.9 Å². The first-order valence-corrected chi connectivity index (χ1v) is 7.36. The van der Waals surface area contributed by atoms with Crippen LogP contribution in [0.15, 0.2) is 24.3 Å². The van der Waals surface area contributed by atoms with Crippen molar-refractivity contribution in [3.8, 4) is 0 Å². The van der Waals surface area contributed by atoms with E-state index in [2.05, 4.69) is 10.9 Å². The number of rotatable bonds is 3. The molecule has 0 radical (unpaired) electrons. The van der Waals surface area contributed by atoms with E-state index in [0.717, 1.165) is 5.56 Å². The molecule has 2 aliphatic rings. The van der Waals surface area contributed by atoms with Crippen LogP contribution in [0.3, 0.4) is 0 Å². The number of carbonyl (C=O) groups is 2.